The summed E-state index contributed by atoms with van der Waals surface area (Å²) in [4.78, 5) is 10.7. The minimum atomic E-state index is -3.78. The van der Waals surface area contributed by atoms with E-state index in [-0.39, 0.29) is 17.6 Å². The molecule has 1 aromatic heterocycles. The summed E-state index contributed by atoms with van der Waals surface area (Å²) in [5.74, 6) is -1.58. The van der Waals surface area contributed by atoms with Crippen molar-refractivity contribution in [2.24, 2.45) is 5.92 Å². The molecule has 2 N–H and O–H groups in total. The second-order valence-corrected chi connectivity index (χ2v) is 6.32. The van der Waals surface area contributed by atoms with E-state index >= 15 is 0 Å². The van der Waals surface area contributed by atoms with Gasteiger partial charge >= 0.3 is 5.97 Å². The van der Waals surface area contributed by atoms with Gasteiger partial charge < -0.3 is 14.6 Å². The van der Waals surface area contributed by atoms with Gasteiger partial charge in [0.1, 0.15) is 0 Å². The van der Waals surface area contributed by atoms with Crippen molar-refractivity contribution in [3.05, 3.63) is 17.9 Å². The zero-order valence-corrected chi connectivity index (χ0v) is 11.0. The van der Waals surface area contributed by atoms with Gasteiger partial charge in [0.25, 0.3) is 10.0 Å². The van der Waals surface area contributed by atoms with Crippen molar-refractivity contribution in [3.8, 4) is 0 Å². The molecule has 0 unspecified atom stereocenters. The molecule has 0 bridgehead atoms. The number of furan rings is 1. The predicted octanol–water partition coefficient (Wildman–Crippen LogP) is 0.371. The van der Waals surface area contributed by atoms with E-state index in [1.54, 1.807) is 0 Å². The number of nitrogens with zero attached hydrogens (tertiary/aromatic N) is 1. The van der Waals surface area contributed by atoms with Crippen LogP contribution < -0.4 is 0 Å². The van der Waals surface area contributed by atoms with Gasteiger partial charge in [-0.15, -0.1) is 0 Å². The van der Waals surface area contributed by atoms with Crippen LogP contribution in [0.15, 0.2) is 21.6 Å². The average Bonchev–Trinajstić information content (AvgIpc) is 2.89. The fourth-order valence-corrected chi connectivity index (χ4v) is 3.41. The Bertz CT molecular complexity index is 555. The molecule has 0 radical (unpaired) electrons. The van der Waals surface area contributed by atoms with Gasteiger partial charge in [-0.05, 0) is 30.9 Å². The number of carbonyl (C=O) groups is 1. The fraction of sp³-hybridized carbons (Fsp3) is 0.545. The topological polar surface area (TPSA) is 108 Å². The smallest absolute Gasteiger partial charge is 0.371 e. The van der Waals surface area contributed by atoms with Crippen molar-refractivity contribution in [2.45, 2.75) is 17.9 Å². The van der Waals surface area contributed by atoms with Crippen LogP contribution in [0.4, 0.5) is 0 Å². The molecule has 0 aromatic carbocycles. The summed E-state index contributed by atoms with van der Waals surface area (Å²) in [7, 11) is -3.78. The first-order valence-corrected chi connectivity index (χ1v) is 7.33. The Kier molecular flexibility index (Phi) is 3.93. The van der Waals surface area contributed by atoms with Gasteiger partial charge in [0.05, 0.1) is 0 Å². The van der Waals surface area contributed by atoms with Crippen LogP contribution in [0.3, 0.4) is 0 Å². The Labute approximate surface area is 110 Å². The number of sulfonamides is 1. The molecule has 1 aliphatic heterocycles. The summed E-state index contributed by atoms with van der Waals surface area (Å²) >= 11 is 0. The molecule has 1 fully saturated rings. The molecule has 0 aliphatic carbocycles. The highest BCUT2D eigenvalue weighted by molar-refractivity contribution is 7.89. The first-order valence-electron chi connectivity index (χ1n) is 5.89. The minimum Gasteiger partial charge on any atom is -0.475 e. The lowest BCUT2D eigenvalue weighted by Gasteiger charge is -2.29. The molecule has 1 aliphatic rings. The number of hydrogen-bond acceptors (Lipinski definition) is 5. The Morgan fingerprint density at radius 2 is 2.00 bits per heavy atom. The number of carboxylic acids is 1. The Balaban J connectivity index is 2.16. The zero-order valence-electron chi connectivity index (χ0n) is 10.2. The van der Waals surface area contributed by atoms with E-state index in [0.29, 0.717) is 25.9 Å². The predicted molar refractivity (Wildman–Crippen MR) is 64.2 cm³/mol. The summed E-state index contributed by atoms with van der Waals surface area (Å²) in [5.41, 5.74) is 0. The van der Waals surface area contributed by atoms with Gasteiger partial charge in [-0.2, -0.15) is 4.31 Å². The summed E-state index contributed by atoms with van der Waals surface area (Å²) in [6, 6.07) is 2.27. The largest absolute Gasteiger partial charge is 0.475 e. The Hall–Kier alpha value is -1.38. The van der Waals surface area contributed by atoms with Crippen LogP contribution in [0.5, 0.6) is 0 Å². The molecule has 0 spiro atoms. The summed E-state index contributed by atoms with van der Waals surface area (Å²) < 4.78 is 30.5. The molecule has 7 nitrogen and oxygen atoms in total. The fourth-order valence-electron chi connectivity index (χ4n) is 2.03. The molecule has 2 rings (SSSR count). The highest BCUT2D eigenvalue weighted by Gasteiger charge is 2.31. The number of hydrogen-bond donors (Lipinski definition) is 2. The number of carboxylic acid groups (broad SMARTS) is 1. The van der Waals surface area contributed by atoms with Crippen molar-refractivity contribution in [2.75, 3.05) is 19.7 Å². The van der Waals surface area contributed by atoms with Gasteiger partial charge in [0.2, 0.25) is 10.9 Å². The maximum atomic E-state index is 12.2. The van der Waals surface area contributed by atoms with Crippen molar-refractivity contribution in [1.82, 2.24) is 4.31 Å². The molecule has 1 saturated heterocycles. The van der Waals surface area contributed by atoms with Crippen molar-refractivity contribution in [1.29, 1.82) is 0 Å². The lowest BCUT2D eigenvalue weighted by Crippen LogP contribution is -2.39. The third-order valence-electron chi connectivity index (χ3n) is 3.22. The molecule has 19 heavy (non-hydrogen) atoms. The van der Waals surface area contributed by atoms with E-state index in [4.69, 9.17) is 14.6 Å². The van der Waals surface area contributed by atoms with E-state index < -0.39 is 21.8 Å². The van der Waals surface area contributed by atoms with E-state index in [2.05, 4.69) is 0 Å². The van der Waals surface area contributed by atoms with E-state index in [9.17, 15) is 13.2 Å². The molecule has 8 heteroatoms. The van der Waals surface area contributed by atoms with Crippen LogP contribution in [0.25, 0.3) is 0 Å². The van der Waals surface area contributed by atoms with Gasteiger partial charge in [-0.25, -0.2) is 13.2 Å². The van der Waals surface area contributed by atoms with Gasteiger partial charge in [-0.1, -0.05) is 0 Å². The SMILES string of the molecule is O=C(O)c1ccc(S(=O)(=O)N2CCC(CO)CC2)o1. The standard InChI is InChI=1S/C11H15NO6S/c13-7-8-3-5-12(6-4-8)19(16,17)10-2-1-9(18-10)11(14)15/h1-2,8,13H,3-7H2,(H,14,15). The van der Waals surface area contributed by atoms with Crippen LogP contribution in [-0.2, 0) is 10.0 Å². The molecular weight excluding hydrogens is 274 g/mol. The highest BCUT2D eigenvalue weighted by atomic mass is 32.2. The highest BCUT2D eigenvalue weighted by Crippen LogP contribution is 2.24. The number of aromatic carboxylic acids is 1. The van der Waals surface area contributed by atoms with Crippen LogP contribution in [0, 0.1) is 5.92 Å². The lowest BCUT2D eigenvalue weighted by atomic mass is 10.00. The number of rotatable bonds is 4. The van der Waals surface area contributed by atoms with Crippen LogP contribution in [-0.4, -0.2) is 48.6 Å². The average molecular weight is 289 g/mol. The first kappa shape index (κ1) is 14.0. The molecule has 0 amide bonds. The summed E-state index contributed by atoms with van der Waals surface area (Å²) in [6.07, 6.45) is 1.17. The third-order valence-corrected chi connectivity index (χ3v) is 4.99. The lowest BCUT2D eigenvalue weighted by molar-refractivity contribution is 0.0656. The van der Waals surface area contributed by atoms with Gasteiger partial charge in [0.15, 0.2) is 0 Å². The molecule has 0 saturated carbocycles. The van der Waals surface area contributed by atoms with Crippen LogP contribution in [0.2, 0.25) is 0 Å². The Morgan fingerprint density at radius 3 is 2.47 bits per heavy atom. The van der Waals surface area contributed by atoms with E-state index in [0.717, 1.165) is 12.1 Å². The number of aliphatic hydroxyl groups is 1. The second kappa shape index (κ2) is 5.32. The third kappa shape index (κ3) is 2.80. The maximum Gasteiger partial charge on any atom is 0.371 e. The Morgan fingerprint density at radius 1 is 1.37 bits per heavy atom. The van der Waals surface area contributed by atoms with Gasteiger partial charge in [-0.3, -0.25) is 0 Å². The monoisotopic (exact) mass is 289 g/mol. The van der Waals surface area contributed by atoms with Crippen LogP contribution in [0.1, 0.15) is 23.4 Å². The van der Waals surface area contributed by atoms with E-state index in [1.807, 2.05) is 0 Å². The van der Waals surface area contributed by atoms with Crippen molar-refractivity contribution < 1.29 is 27.8 Å². The second-order valence-electron chi connectivity index (χ2n) is 4.45. The van der Waals surface area contributed by atoms with Crippen LogP contribution >= 0.6 is 0 Å². The molecule has 1 aromatic rings. The first-order chi connectivity index (χ1) is 8.95. The van der Waals surface area contributed by atoms with Crippen molar-refractivity contribution >= 4 is 16.0 Å². The number of piperidine rings is 1. The molecular formula is C11H15NO6S. The number of aliphatic hydroxyl groups excluding tert-OH is 1. The molecule has 106 valence electrons. The quantitative estimate of drug-likeness (QED) is 0.829. The summed E-state index contributed by atoms with van der Waals surface area (Å²) in [5, 5.41) is 17.4. The molecule has 2 heterocycles. The van der Waals surface area contributed by atoms with Crippen molar-refractivity contribution in [3.63, 3.8) is 0 Å². The zero-order chi connectivity index (χ0) is 14.0. The van der Waals surface area contributed by atoms with Gasteiger partial charge in [0, 0.05) is 19.7 Å². The summed E-state index contributed by atoms with van der Waals surface area (Å²) in [6.45, 7) is 0.658. The van der Waals surface area contributed by atoms with E-state index in [1.165, 1.54) is 4.31 Å². The minimum absolute atomic E-state index is 0.0534. The maximum absolute atomic E-state index is 12.2. The molecule has 0 atom stereocenters. The normalized spacial score (nSPS) is 18.6.